The number of hydrogen-bond donors (Lipinski definition) is 2. The summed E-state index contributed by atoms with van der Waals surface area (Å²) in [4.78, 5) is 34.0. The number of hydrogen-bond acceptors (Lipinski definition) is 12. The minimum atomic E-state index is -1.65. The highest BCUT2D eigenvalue weighted by molar-refractivity contribution is 6.03. The molecule has 0 spiro atoms. The molecule has 372 valence electrons. The van der Waals surface area contributed by atoms with Crippen molar-refractivity contribution in [2.45, 2.75) is 94.8 Å². The van der Waals surface area contributed by atoms with Crippen LogP contribution in [0.2, 0.25) is 0 Å². The zero-order valence-electron chi connectivity index (χ0n) is 39.6. The molecule has 71 heavy (non-hydrogen) atoms. The third-order valence-corrected chi connectivity index (χ3v) is 14.1. The number of non-ortho nitro benzene ring substituents is 1. The predicted molar refractivity (Wildman–Crippen MR) is 265 cm³/mol. The van der Waals surface area contributed by atoms with Gasteiger partial charge in [0.25, 0.3) is 5.69 Å². The van der Waals surface area contributed by atoms with Crippen molar-refractivity contribution in [1.82, 2.24) is 4.90 Å². The Morgan fingerprint density at radius 3 is 2.37 bits per heavy atom. The van der Waals surface area contributed by atoms with Gasteiger partial charge in [0, 0.05) is 56.2 Å². The largest absolute Gasteiger partial charge is 0.459 e. The maximum absolute atomic E-state index is 15.1. The number of benzene rings is 5. The van der Waals surface area contributed by atoms with Crippen LogP contribution in [-0.4, -0.2) is 76.4 Å². The van der Waals surface area contributed by atoms with Gasteiger partial charge >= 0.3 is 6.09 Å². The Hall–Kier alpha value is -6.65. The Labute approximate surface area is 412 Å². The summed E-state index contributed by atoms with van der Waals surface area (Å²) in [5, 5.41) is 38.8. The summed E-state index contributed by atoms with van der Waals surface area (Å²) in [6, 6.07) is 29.9. The fraction of sp³-hybridized carbons (Fsp3) is 0.393. The lowest BCUT2D eigenvalue weighted by Gasteiger charge is -2.59. The van der Waals surface area contributed by atoms with E-state index in [1.807, 2.05) is 54.6 Å². The summed E-state index contributed by atoms with van der Waals surface area (Å²) >= 11 is 0. The molecular formula is C56H60FN3O11. The molecule has 15 heteroatoms. The number of amides is 1. The first-order valence-corrected chi connectivity index (χ1v) is 24.7. The van der Waals surface area contributed by atoms with Gasteiger partial charge in [0.15, 0.2) is 0 Å². The number of rotatable bonds is 20. The molecule has 14 nitrogen and oxygen atoms in total. The van der Waals surface area contributed by atoms with Gasteiger partial charge in [0.2, 0.25) is 12.1 Å². The number of carbonyl (C=O) groups is 1. The van der Waals surface area contributed by atoms with Crippen LogP contribution in [0.5, 0.6) is 23.0 Å². The first-order chi connectivity index (χ1) is 34.7. The van der Waals surface area contributed by atoms with Crippen LogP contribution in [0.15, 0.2) is 139 Å². The topological polar surface area (TPSA) is 172 Å². The van der Waals surface area contributed by atoms with Crippen molar-refractivity contribution >= 4 is 28.3 Å². The molecule has 0 aromatic heterocycles. The van der Waals surface area contributed by atoms with Gasteiger partial charge < -0.3 is 38.7 Å². The van der Waals surface area contributed by atoms with E-state index >= 15 is 4.79 Å². The van der Waals surface area contributed by atoms with Gasteiger partial charge in [-0.2, -0.15) is 0 Å². The molecule has 2 heterocycles. The number of unbranched alkanes of at least 4 members (excludes halogenated alkanes) is 2. The highest BCUT2D eigenvalue weighted by atomic mass is 19.1. The fourth-order valence-corrected chi connectivity index (χ4v) is 10.9. The molecule has 1 amide bonds. The number of nitro benzene ring substituents is 1. The second kappa shape index (κ2) is 22.6. The molecule has 1 unspecified atom stereocenters. The maximum atomic E-state index is 15.1. The van der Waals surface area contributed by atoms with Gasteiger partial charge in [-0.3, -0.25) is 15.0 Å². The third-order valence-electron chi connectivity index (χ3n) is 14.1. The standard InChI is InChI=1S/C56H60FN3O11/c1-2-30-67-56-51(59(36-37-16-19-41(57)20-17-37)55(63)69-43-24-21-42(22-25-43)60(64)65)35-49(58-71-52-15-7-10-31-66-52)47-33-40(13-5-8-28-61)46(14-6-9-29-62)53(54(47)56)48-34-45(26-27-50(48)70-56)68-44-23-18-38-11-3-4-12-39(38)32-44/h2-4,11-12,16-27,32-34,40,46,51-54,61-62H,1,5-10,13-15,28-31,35-36H2/t40-,46+,51-,52?,53+,54+,56+/m0/s1. The number of nitro groups is 1. The van der Waals surface area contributed by atoms with Crippen molar-refractivity contribution in [2.24, 2.45) is 22.9 Å². The van der Waals surface area contributed by atoms with E-state index in [2.05, 4.69) is 18.7 Å². The number of allylic oxidation sites excluding steroid dienone is 1. The average Bonchev–Trinajstić information content (AvgIpc) is 3.39. The minimum absolute atomic E-state index is 0.0152. The molecule has 0 bridgehead atoms. The van der Waals surface area contributed by atoms with Crippen LogP contribution in [0, 0.1) is 33.7 Å². The maximum Gasteiger partial charge on any atom is 0.416 e. The van der Waals surface area contributed by atoms with Crippen LogP contribution in [-0.2, 0) is 20.9 Å². The van der Waals surface area contributed by atoms with Crippen molar-refractivity contribution in [1.29, 1.82) is 0 Å². The molecule has 5 aromatic rings. The van der Waals surface area contributed by atoms with Gasteiger partial charge in [-0.1, -0.05) is 72.6 Å². The number of aliphatic hydroxyl groups is 2. The van der Waals surface area contributed by atoms with Crippen LogP contribution < -0.4 is 14.2 Å². The molecule has 9 rings (SSSR count). The monoisotopic (exact) mass is 969 g/mol. The van der Waals surface area contributed by atoms with Crippen LogP contribution in [0.3, 0.4) is 0 Å². The lowest BCUT2D eigenvalue weighted by atomic mass is 9.55. The number of fused-ring (bicyclic) bond motifs is 3. The normalized spacial score (nSPS) is 23.9. The molecule has 5 aromatic carbocycles. The summed E-state index contributed by atoms with van der Waals surface area (Å²) in [7, 11) is 0. The van der Waals surface area contributed by atoms with E-state index in [1.165, 1.54) is 41.3 Å². The number of carbonyl (C=O) groups excluding carboxylic acids is 1. The average molecular weight is 970 g/mol. The van der Waals surface area contributed by atoms with E-state index in [-0.39, 0.29) is 62.0 Å². The highest BCUT2D eigenvalue weighted by Crippen LogP contribution is 2.62. The lowest BCUT2D eigenvalue weighted by Crippen LogP contribution is -2.70. The Bertz CT molecular complexity index is 2730. The quantitative estimate of drug-likeness (QED) is 0.0329. The van der Waals surface area contributed by atoms with Crippen molar-refractivity contribution in [2.75, 3.05) is 26.4 Å². The number of aliphatic hydroxyl groups excluding tert-OH is 2. The summed E-state index contributed by atoms with van der Waals surface area (Å²) in [5.41, 5.74) is 2.66. The van der Waals surface area contributed by atoms with Crippen LogP contribution in [0.1, 0.15) is 81.3 Å². The van der Waals surface area contributed by atoms with Crippen LogP contribution >= 0.6 is 0 Å². The second-order valence-electron chi connectivity index (χ2n) is 18.7. The molecule has 1 saturated heterocycles. The van der Waals surface area contributed by atoms with Gasteiger partial charge in [-0.25, -0.2) is 9.18 Å². The Balaban J connectivity index is 1.24. The van der Waals surface area contributed by atoms with Crippen molar-refractivity contribution in [3.8, 4) is 23.0 Å². The van der Waals surface area contributed by atoms with Crippen molar-refractivity contribution in [3.05, 3.63) is 161 Å². The zero-order chi connectivity index (χ0) is 49.3. The van der Waals surface area contributed by atoms with E-state index in [0.29, 0.717) is 60.8 Å². The van der Waals surface area contributed by atoms with E-state index in [0.717, 1.165) is 54.0 Å². The van der Waals surface area contributed by atoms with Gasteiger partial charge in [-0.15, -0.1) is 6.58 Å². The van der Waals surface area contributed by atoms with Crippen molar-refractivity contribution in [3.63, 3.8) is 0 Å². The molecule has 1 saturated carbocycles. The van der Waals surface area contributed by atoms with Gasteiger partial charge in [0.1, 0.15) is 34.9 Å². The molecule has 7 atom stereocenters. The number of ether oxygens (including phenoxy) is 5. The minimum Gasteiger partial charge on any atom is -0.459 e. The van der Waals surface area contributed by atoms with Crippen molar-refractivity contribution < 1.29 is 52.8 Å². The third kappa shape index (κ3) is 11.0. The molecule has 4 aliphatic rings. The summed E-state index contributed by atoms with van der Waals surface area (Å²) in [6.45, 7) is 4.57. The summed E-state index contributed by atoms with van der Waals surface area (Å²) < 4.78 is 47.8. The number of halogens is 1. The summed E-state index contributed by atoms with van der Waals surface area (Å²) in [6.07, 6.45) is 9.14. The molecule has 2 aliphatic heterocycles. The number of oxime groups is 1. The van der Waals surface area contributed by atoms with Gasteiger partial charge in [-0.05, 0) is 127 Å². The molecule has 2 N–H and O–H groups in total. The molecule has 2 fully saturated rings. The molecule has 0 radical (unpaired) electrons. The van der Waals surface area contributed by atoms with E-state index in [4.69, 9.17) is 33.7 Å². The lowest BCUT2D eigenvalue weighted by molar-refractivity contribution is -0.384. The Kier molecular flexibility index (Phi) is 15.7. The first kappa shape index (κ1) is 49.3. The highest BCUT2D eigenvalue weighted by Gasteiger charge is 2.66. The van der Waals surface area contributed by atoms with Crippen LogP contribution in [0.4, 0.5) is 14.9 Å². The number of nitrogens with zero attached hydrogens (tertiary/aromatic N) is 3. The van der Waals surface area contributed by atoms with E-state index < -0.39 is 40.9 Å². The van der Waals surface area contributed by atoms with E-state index in [1.54, 1.807) is 18.2 Å². The first-order valence-electron chi connectivity index (χ1n) is 24.7. The Morgan fingerprint density at radius 2 is 1.63 bits per heavy atom. The smallest absolute Gasteiger partial charge is 0.416 e. The van der Waals surface area contributed by atoms with Gasteiger partial charge in [0.05, 0.1) is 29.8 Å². The predicted octanol–water partition coefficient (Wildman–Crippen LogP) is 11.5. The SMILES string of the molecule is C=CCO[C@@]12Oc3ccc(Oc4ccc5ccccc5c4)cc3[C@H]3[C@H](CCCCO)[C@@H](CCCCO)C=C(C(=NOC4CCCCO4)C[C@@H]1N(Cc1ccc(F)cc1)C(=O)Oc1ccc([N+](=O)[O-])cc1)[C@H]32. The summed E-state index contributed by atoms with van der Waals surface area (Å²) in [5.74, 6) is -1.39. The molecular weight excluding hydrogens is 910 g/mol. The molecule has 2 aliphatic carbocycles. The zero-order valence-corrected chi connectivity index (χ0v) is 39.6. The van der Waals surface area contributed by atoms with Crippen LogP contribution in [0.25, 0.3) is 10.8 Å². The van der Waals surface area contributed by atoms with E-state index in [9.17, 15) is 24.7 Å². The Morgan fingerprint density at radius 1 is 0.901 bits per heavy atom. The fourth-order valence-electron chi connectivity index (χ4n) is 10.9. The second-order valence-corrected chi connectivity index (χ2v) is 18.7.